The number of aromatic nitrogens is 1. The Balaban J connectivity index is 1.98. The molecule has 24 heavy (non-hydrogen) atoms. The monoisotopic (exact) mass is 349 g/mol. The van der Waals surface area contributed by atoms with Crippen LogP contribution in [0.3, 0.4) is 0 Å². The van der Waals surface area contributed by atoms with Crippen molar-refractivity contribution in [3.63, 3.8) is 0 Å². The van der Waals surface area contributed by atoms with Crippen LogP contribution in [0.15, 0.2) is 36.7 Å². The third kappa shape index (κ3) is 3.51. The lowest BCUT2D eigenvalue weighted by Crippen LogP contribution is -2.33. The van der Waals surface area contributed by atoms with Gasteiger partial charge in [0, 0.05) is 18.8 Å². The van der Waals surface area contributed by atoms with Crippen LogP contribution in [0.1, 0.15) is 23.2 Å². The number of pyridine rings is 1. The average Bonchev–Trinajstić information content (AvgIpc) is 3.36. The number of benzene rings is 1. The quantitative estimate of drug-likeness (QED) is 0.607. The number of nitro benzene ring substituents is 1. The number of anilines is 1. The lowest BCUT2D eigenvalue weighted by atomic mass is 10.2. The van der Waals surface area contributed by atoms with Crippen molar-refractivity contribution < 1.29 is 14.1 Å². The summed E-state index contributed by atoms with van der Waals surface area (Å²) in [6.07, 6.45) is 4.26. The zero-order chi connectivity index (χ0) is 17.3. The minimum atomic E-state index is -0.616. The van der Waals surface area contributed by atoms with Crippen LogP contribution in [0, 0.1) is 21.8 Å². The van der Waals surface area contributed by atoms with Gasteiger partial charge in [0.25, 0.3) is 11.6 Å². The molecule has 1 fully saturated rings. The molecule has 0 radical (unpaired) electrons. The second-order valence-electron chi connectivity index (χ2n) is 5.64. The van der Waals surface area contributed by atoms with Crippen molar-refractivity contribution in [2.24, 2.45) is 5.92 Å². The number of nitro groups is 1. The van der Waals surface area contributed by atoms with Crippen LogP contribution < -0.4 is 4.90 Å². The smallest absolute Gasteiger partial charge is 0.289 e. The number of carbonyl (C=O) groups is 1. The summed E-state index contributed by atoms with van der Waals surface area (Å²) >= 11 is 5.83. The predicted molar refractivity (Wildman–Crippen MR) is 86.7 cm³/mol. The molecule has 1 aromatic heterocycles. The second-order valence-corrected chi connectivity index (χ2v) is 6.05. The van der Waals surface area contributed by atoms with E-state index in [9.17, 15) is 19.3 Å². The van der Waals surface area contributed by atoms with Gasteiger partial charge in [0.1, 0.15) is 10.8 Å². The molecule has 0 atom stereocenters. The molecule has 124 valence electrons. The van der Waals surface area contributed by atoms with E-state index in [4.69, 9.17) is 11.6 Å². The SMILES string of the molecule is O=C(c1cncc(F)c1)N(CC1CC1)c1ccc(Cl)c([N+](=O)[O-])c1. The van der Waals surface area contributed by atoms with Crippen LogP contribution in [-0.4, -0.2) is 22.4 Å². The topological polar surface area (TPSA) is 76.3 Å². The van der Waals surface area contributed by atoms with Crippen LogP contribution in [-0.2, 0) is 0 Å². The average molecular weight is 350 g/mol. The first-order valence-electron chi connectivity index (χ1n) is 7.32. The van der Waals surface area contributed by atoms with Crippen LogP contribution in [0.5, 0.6) is 0 Å². The molecule has 0 bridgehead atoms. The Kier molecular flexibility index (Phi) is 4.44. The molecule has 1 aliphatic carbocycles. The maximum absolute atomic E-state index is 13.4. The zero-order valence-electron chi connectivity index (χ0n) is 12.5. The van der Waals surface area contributed by atoms with Crippen LogP contribution >= 0.6 is 11.6 Å². The molecule has 1 amide bonds. The van der Waals surface area contributed by atoms with Crippen LogP contribution in [0.2, 0.25) is 5.02 Å². The Morgan fingerprint density at radius 2 is 2.12 bits per heavy atom. The summed E-state index contributed by atoms with van der Waals surface area (Å²) in [5.74, 6) is -0.731. The lowest BCUT2D eigenvalue weighted by Gasteiger charge is -2.23. The molecule has 1 saturated carbocycles. The van der Waals surface area contributed by atoms with Gasteiger partial charge in [0.2, 0.25) is 0 Å². The third-order valence-corrected chi connectivity index (χ3v) is 4.09. The molecule has 0 unspecified atom stereocenters. The first-order chi connectivity index (χ1) is 11.5. The molecule has 2 aromatic rings. The molecule has 0 saturated heterocycles. The normalized spacial score (nSPS) is 13.6. The molecule has 8 heteroatoms. The first-order valence-corrected chi connectivity index (χ1v) is 7.70. The van der Waals surface area contributed by atoms with Gasteiger partial charge in [0.05, 0.1) is 22.4 Å². The van der Waals surface area contributed by atoms with Gasteiger partial charge in [0.15, 0.2) is 0 Å². The molecular formula is C16H13ClFN3O3. The van der Waals surface area contributed by atoms with Gasteiger partial charge in [-0.25, -0.2) is 4.39 Å². The highest BCUT2D eigenvalue weighted by molar-refractivity contribution is 6.32. The van der Waals surface area contributed by atoms with E-state index in [-0.39, 0.29) is 16.3 Å². The van der Waals surface area contributed by atoms with Crippen molar-refractivity contribution in [1.29, 1.82) is 0 Å². The minimum absolute atomic E-state index is 0.00464. The number of hydrogen-bond acceptors (Lipinski definition) is 4. The van der Waals surface area contributed by atoms with Gasteiger partial charge >= 0.3 is 0 Å². The summed E-state index contributed by atoms with van der Waals surface area (Å²) < 4.78 is 13.4. The summed E-state index contributed by atoms with van der Waals surface area (Å²) in [6, 6.07) is 5.28. The number of hydrogen-bond donors (Lipinski definition) is 0. The van der Waals surface area contributed by atoms with Gasteiger partial charge in [-0.2, -0.15) is 0 Å². The highest BCUT2D eigenvalue weighted by Gasteiger charge is 2.29. The maximum atomic E-state index is 13.4. The molecule has 0 spiro atoms. The Hall–Kier alpha value is -2.54. The molecular weight excluding hydrogens is 337 g/mol. The Bertz CT molecular complexity index is 811. The van der Waals surface area contributed by atoms with Crippen molar-refractivity contribution in [2.75, 3.05) is 11.4 Å². The van der Waals surface area contributed by atoms with E-state index in [1.54, 1.807) is 6.07 Å². The summed E-state index contributed by atoms with van der Waals surface area (Å²) in [5.41, 5.74) is 0.167. The number of carbonyl (C=O) groups excluding carboxylic acids is 1. The van der Waals surface area contributed by atoms with Gasteiger partial charge in [-0.1, -0.05) is 11.6 Å². The summed E-state index contributed by atoms with van der Waals surface area (Å²) in [5, 5.41) is 11.1. The summed E-state index contributed by atoms with van der Waals surface area (Å²) in [4.78, 5) is 28.3. The van der Waals surface area contributed by atoms with E-state index < -0.39 is 16.6 Å². The van der Waals surface area contributed by atoms with Gasteiger partial charge in [-0.15, -0.1) is 0 Å². The molecule has 6 nitrogen and oxygen atoms in total. The van der Waals surface area contributed by atoms with Crippen molar-refractivity contribution in [3.8, 4) is 0 Å². The zero-order valence-corrected chi connectivity index (χ0v) is 13.2. The van der Waals surface area contributed by atoms with E-state index in [1.807, 2.05) is 0 Å². The number of amides is 1. The van der Waals surface area contributed by atoms with E-state index in [1.165, 1.54) is 23.2 Å². The third-order valence-electron chi connectivity index (χ3n) is 3.77. The van der Waals surface area contributed by atoms with Crippen molar-refractivity contribution in [1.82, 2.24) is 4.98 Å². The fourth-order valence-electron chi connectivity index (χ4n) is 2.36. The number of halogens is 2. The highest BCUT2D eigenvalue weighted by atomic mass is 35.5. The first kappa shape index (κ1) is 16.3. The lowest BCUT2D eigenvalue weighted by molar-refractivity contribution is -0.384. The molecule has 3 rings (SSSR count). The summed E-state index contributed by atoms with van der Waals surface area (Å²) in [6.45, 7) is 0.411. The minimum Gasteiger partial charge on any atom is -0.308 e. The molecule has 0 aliphatic heterocycles. The number of rotatable bonds is 5. The van der Waals surface area contributed by atoms with Crippen LogP contribution in [0.25, 0.3) is 0 Å². The molecule has 1 aliphatic rings. The Labute approximate surface area is 142 Å². The van der Waals surface area contributed by atoms with Crippen molar-refractivity contribution in [2.45, 2.75) is 12.8 Å². The van der Waals surface area contributed by atoms with Gasteiger partial charge in [-0.3, -0.25) is 19.9 Å². The summed E-state index contributed by atoms with van der Waals surface area (Å²) in [7, 11) is 0. The van der Waals surface area contributed by atoms with E-state index >= 15 is 0 Å². The fourth-order valence-corrected chi connectivity index (χ4v) is 2.54. The van der Waals surface area contributed by atoms with Gasteiger partial charge in [-0.05, 0) is 37.0 Å². The van der Waals surface area contributed by atoms with E-state index in [0.29, 0.717) is 18.2 Å². The number of nitrogens with zero attached hydrogens (tertiary/aromatic N) is 3. The molecule has 0 N–H and O–H groups in total. The van der Waals surface area contributed by atoms with Crippen molar-refractivity contribution in [3.05, 3.63) is 63.2 Å². The molecule has 1 aromatic carbocycles. The van der Waals surface area contributed by atoms with E-state index in [0.717, 1.165) is 25.1 Å². The van der Waals surface area contributed by atoms with Gasteiger partial charge < -0.3 is 4.90 Å². The predicted octanol–water partition coefficient (Wildman–Crippen LogP) is 3.84. The highest BCUT2D eigenvalue weighted by Crippen LogP contribution is 2.35. The Morgan fingerprint density at radius 1 is 1.38 bits per heavy atom. The van der Waals surface area contributed by atoms with Crippen LogP contribution in [0.4, 0.5) is 15.8 Å². The van der Waals surface area contributed by atoms with E-state index in [2.05, 4.69) is 4.98 Å². The maximum Gasteiger partial charge on any atom is 0.289 e. The molecule has 1 heterocycles. The fraction of sp³-hybridized carbons (Fsp3) is 0.250. The standard InChI is InChI=1S/C16H13ClFN3O3/c17-14-4-3-13(6-15(14)21(23)24)20(9-10-1-2-10)16(22)11-5-12(18)8-19-7-11/h3-8,10H,1-2,9H2. The Morgan fingerprint density at radius 3 is 2.75 bits per heavy atom. The second kappa shape index (κ2) is 6.52. The largest absolute Gasteiger partial charge is 0.308 e. The van der Waals surface area contributed by atoms with Crippen molar-refractivity contribution >= 4 is 28.9 Å².